The molecule has 186 valence electrons. The van der Waals surface area contributed by atoms with E-state index >= 15 is 4.39 Å². The lowest BCUT2D eigenvalue weighted by Gasteiger charge is -2.13. The first kappa shape index (κ1) is 23.2. The maximum Gasteiger partial charge on any atom is 0.353 e. The smallest absolute Gasteiger partial charge is 0.353 e. The van der Waals surface area contributed by atoms with Crippen molar-refractivity contribution in [1.82, 2.24) is 19.3 Å². The van der Waals surface area contributed by atoms with Gasteiger partial charge >= 0.3 is 5.97 Å². The molecule has 1 aliphatic carbocycles. The van der Waals surface area contributed by atoms with Crippen LogP contribution in [0.15, 0.2) is 53.3 Å². The van der Waals surface area contributed by atoms with Gasteiger partial charge in [0.05, 0.1) is 35.3 Å². The molecule has 0 atom stereocenters. The number of fused-ring (bicyclic) bond motifs is 4. The van der Waals surface area contributed by atoms with Gasteiger partial charge in [0.2, 0.25) is 0 Å². The van der Waals surface area contributed by atoms with Crippen molar-refractivity contribution in [2.45, 2.75) is 32.9 Å². The molecule has 0 unspecified atom stereocenters. The SMILES string of the molecule is CC(C)n1ncc2cc(Cn3c(C(=O)O)c(C4=CC=CCC4=O)c4c5occc5c(F)cc43)c(Cl)nc21. The predicted octanol–water partition coefficient (Wildman–Crippen LogP) is 6.16. The minimum atomic E-state index is -1.27. The van der Waals surface area contributed by atoms with Crippen LogP contribution < -0.4 is 0 Å². The summed E-state index contributed by atoms with van der Waals surface area (Å²) in [5.41, 5.74) is 1.82. The third kappa shape index (κ3) is 3.49. The van der Waals surface area contributed by atoms with Crippen LogP contribution in [0.5, 0.6) is 0 Å². The number of pyridine rings is 1. The number of hydrogen-bond donors (Lipinski definition) is 1. The van der Waals surface area contributed by atoms with Crippen molar-refractivity contribution in [3.8, 4) is 0 Å². The molecule has 1 N–H and O–H groups in total. The van der Waals surface area contributed by atoms with Crippen molar-refractivity contribution in [2.75, 3.05) is 0 Å². The van der Waals surface area contributed by atoms with Crippen LogP contribution in [-0.4, -0.2) is 36.2 Å². The number of hydrogen-bond acceptors (Lipinski definition) is 5. The Kier molecular flexibility index (Phi) is 5.27. The molecule has 1 aliphatic rings. The number of furan rings is 1. The average molecular weight is 519 g/mol. The van der Waals surface area contributed by atoms with Crippen LogP contribution in [0.3, 0.4) is 0 Å². The molecule has 0 bridgehead atoms. The fourth-order valence-corrected chi connectivity index (χ4v) is 5.17. The lowest BCUT2D eigenvalue weighted by Crippen LogP contribution is -2.14. The number of carbonyl (C=O) groups excluding carboxylic acids is 1. The number of benzene rings is 1. The highest BCUT2D eigenvalue weighted by molar-refractivity contribution is 6.31. The Morgan fingerprint density at radius 2 is 2.14 bits per heavy atom. The van der Waals surface area contributed by atoms with Gasteiger partial charge in [0.25, 0.3) is 0 Å². The number of allylic oxidation sites excluding steroid dienone is 4. The van der Waals surface area contributed by atoms with Gasteiger partial charge in [-0.15, -0.1) is 0 Å². The number of aromatic nitrogens is 4. The van der Waals surface area contributed by atoms with Gasteiger partial charge in [-0.05, 0) is 32.0 Å². The summed E-state index contributed by atoms with van der Waals surface area (Å²) < 4.78 is 24.0. The number of Topliss-reactive ketones (excluding diaryl/α,β-unsaturated/α-hetero) is 1. The Balaban J connectivity index is 1.66. The molecule has 4 heterocycles. The Labute approximate surface area is 214 Å². The van der Waals surface area contributed by atoms with Gasteiger partial charge in [-0.3, -0.25) is 4.79 Å². The molecule has 0 saturated carbocycles. The lowest BCUT2D eigenvalue weighted by atomic mass is 9.93. The van der Waals surface area contributed by atoms with Gasteiger partial charge in [-0.1, -0.05) is 29.8 Å². The topological polar surface area (TPSA) is 103 Å². The summed E-state index contributed by atoms with van der Waals surface area (Å²) in [4.78, 5) is 30.1. The highest BCUT2D eigenvalue weighted by atomic mass is 35.5. The highest BCUT2D eigenvalue weighted by Gasteiger charge is 2.31. The van der Waals surface area contributed by atoms with Crippen LogP contribution >= 0.6 is 11.6 Å². The second kappa shape index (κ2) is 8.41. The molecule has 0 radical (unpaired) electrons. The number of aromatic carboxylic acids is 1. The third-order valence-electron chi connectivity index (χ3n) is 6.60. The first-order valence-electron chi connectivity index (χ1n) is 11.6. The summed E-state index contributed by atoms with van der Waals surface area (Å²) in [6, 6.07) is 4.60. The van der Waals surface area contributed by atoms with Gasteiger partial charge in [-0.2, -0.15) is 5.10 Å². The fraction of sp³-hybridized carbons (Fsp3) is 0.185. The van der Waals surface area contributed by atoms with Crippen molar-refractivity contribution in [1.29, 1.82) is 0 Å². The quantitative estimate of drug-likeness (QED) is 0.279. The highest BCUT2D eigenvalue weighted by Crippen LogP contribution is 2.40. The van der Waals surface area contributed by atoms with Crippen LogP contribution in [0.1, 0.15) is 47.9 Å². The fourth-order valence-electron chi connectivity index (χ4n) is 4.98. The van der Waals surface area contributed by atoms with Crippen molar-refractivity contribution in [3.05, 3.63) is 76.7 Å². The average Bonchev–Trinajstić information content (AvgIpc) is 3.56. The molecule has 10 heteroatoms. The van der Waals surface area contributed by atoms with E-state index in [1.165, 1.54) is 23.0 Å². The Hall–Kier alpha value is -4.24. The van der Waals surface area contributed by atoms with E-state index in [2.05, 4.69) is 10.1 Å². The normalized spacial score (nSPS) is 14.0. The Bertz CT molecular complexity index is 1840. The molecular weight excluding hydrogens is 499 g/mol. The second-order valence-corrected chi connectivity index (χ2v) is 9.56. The van der Waals surface area contributed by atoms with Gasteiger partial charge in [0.15, 0.2) is 11.4 Å². The van der Waals surface area contributed by atoms with E-state index in [-0.39, 0.29) is 63.3 Å². The first-order valence-corrected chi connectivity index (χ1v) is 12.0. The van der Waals surface area contributed by atoms with E-state index in [0.29, 0.717) is 16.6 Å². The van der Waals surface area contributed by atoms with E-state index in [1.807, 2.05) is 13.8 Å². The molecule has 0 spiro atoms. The molecule has 0 fully saturated rings. The number of nitrogens with zero attached hydrogens (tertiary/aromatic N) is 4. The molecule has 0 saturated heterocycles. The van der Waals surface area contributed by atoms with Crippen molar-refractivity contribution >= 4 is 61.8 Å². The maximum atomic E-state index is 15.1. The summed E-state index contributed by atoms with van der Waals surface area (Å²) >= 11 is 6.58. The van der Waals surface area contributed by atoms with Crippen molar-refractivity contribution in [2.24, 2.45) is 0 Å². The minimum absolute atomic E-state index is 0.0320. The molecule has 4 aromatic heterocycles. The summed E-state index contributed by atoms with van der Waals surface area (Å²) in [5.74, 6) is -2.08. The summed E-state index contributed by atoms with van der Waals surface area (Å²) in [7, 11) is 0. The van der Waals surface area contributed by atoms with E-state index in [9.17, 15) is 14.7 Å². The molecule has 6 rings (SSSR count). The standard InChI is InChI=1S/C27H20ClFN4O4/c1-13(2)33-26-14(11-30-33)9-15(25(28)31-26)12-32-19-10-18(29)16-7-8-37-24(16)22(19)21(23(32)27(35)36)17-5-3-4-6-20(17)34/h3-5,7-11,13H,6,12H2,1-2H3,(H,35,36). The molecule has 5 aromatic rings. The molecule has 0 aliphatic heterocycles. The van der Waals surface area contributed by atoms with E-state index in [0.717, 1.165) is 5.39 Å². The van der Waals surface area contributed by atoms with Crippen molar-refractivity contribution in [3.63, 3.8) is 0 Å². The van der Waals surface area contributed by atoms with Crippen LogP contribution in [0.4, 0.5) is 4.39 Å². The monoisotopic (exact) mass is 518 g/mol. The molecule has 0 amide bonds. The van der Waals surface area contributed by atoms with Gasteiger partial charge in [0, 0.05) is 34.5 Å². The summed E-state index contributed by atoms with van der Waals surface area (Å²) in [6.45, 7) is 3.92. The number of halogens is 2. The number of rotatable bonds is 5. The van der Waals surface area contributed by atoms with Crippen molar-refractivity contribution < 1.29 is 23.5 Å². The first-order chi connectivity index (χ1) is 17.8. The molecule has 37 heavy (non-hydrogen) atoms. The zero-order chi connectivity index (χ0) is 26.0. The van der Waals surface area contributed by atoms with Crippen LogP contribution in [0.2, 0.25) is 5.15 Å². The minimum Gasteiger partial charge on any atom is -0.477 e. The summed E-state index contributed by atoms with van der Waals surface area (Å²) in [6.07, 6.45) is 8.12. The van der Waals surface area contributed by atoms with E-state index < -0.39 is 11.8 Å². The van der Waals surface area contributed by atoms with Crippen LogP contribution in [0.25, 0.3) is 38.5 Å². The number of carbonyl (C=O) groups is 2. The zero-order valence-corrected chi connectivity index (χ0v) is 20.6. The summed E-state index contributed by atoms with van der Waals surface area (Å²) in [5, 5.41) is 16.2. The van der Waals surface area contributed by atoms with Crippen LogP contribution in [-0.2, 0) is 11.3 Å². The second-order valence-electron chi connectivity index (χ2n) is 9.20. The zero-order valence-electron chi connectivity index (χ0n) is 19.8. The number of ketones is 1. The number of carboxylic acids is 1. The van der Waals surface area contributed by atoms with Crippen LogP contribution in [0, 0.1) is 5.82 Å². The van der Waals surface area contributed by atoms with Gasteiger partial charge < -0.3 is 14.1 Å². The number of carboxylic acid groups (broad SMARTS) is 1. The molecule has 1 aromatic carbocycles. The molecular formula is C27H20ClFN4O4. The lowest BCUT2D eigenvalue weighted by molar-refractivity contribution is -0.113. The Morgan fingerprint density at radius 1 is 1.32 bits per heavy atom. The Morgan fingerprint density at radius 3 is 2.86 bits per heavy atom. The van der Waals surface area contributed by atoms with Gasteiger partial charge in [0.1, 0.15) is 22.2 Å². The maximum absolute atomic E-state index is 15.1. The van der Waals surface area contributed by atoms with E-state index in [1.54, 1.807) is 35.2 Å². The predicted molar refractivity (Wildman–Crippen MR) is 137 cm³/mol. The van der Waals surface area contributed by atoms with E-state index in [4.69, 9.17) is 16.0 Å². The molecule has 8 nitrogen and oxygen atoms in total. The van der Waals surface area contributed by atoms with Gasteiger partial charge in [-0.25, -0.2) is 18.9 Å². The largest absolute Gasteiger partial charge is 0.477 e. The third-order valence-corrected chi connectivity index (χ3v) is 6.93.